The average molecular weight is 271 g/mol. The Bertz CT molecular complexity index is 675. The number of nitrogens with zero attached hydrogens (tertiary/aromatic N) is 1. The average Bonchev–Trinajstić information content (AvgIpc) is 3.10. The lowest BCUT2D eigenvalue weighted by Gasteiger charge is -2.25. The maximum Gasteiger partial charge on any atom is 0.339 e. The number of hydrogen-bond donors (Lipinski definition) is 1. The lowest BCUT2D eigenvalue weighted by Crippen LogP contribution is -2.31. The Balaban J connectivity index is 1.72. The van der Waals surface area contributed by atoms with E-state index in [1.807, 2.05) is 24.3 Å². The zero-order valence-electron chi connectivity index (χ0n) is 11.2. The van der Waals surface area contributed by atoms with E-state index in [4.69, 9.17) is 4.42 Å². The van der Waals surface area contributed by atoms with Gasteiger partial charge in [-0.05, 0) is 31.2 Å². The summed E-state index contributed by atoms with van der Waals surface area (Å²) in [5.41, 5.74) is 1.01. The molecule has 0 spiro atoms. The summed E-state index contributed by atoms with van der Waals surface area (Å²) in [6.07, 6.45) is 3.84. The predicted octanol–water partition coefficient (Wildman–Crippen LogP) is 3.12. The summed E-state index contributed by atoms with van der Waals surface area (Å²) < 4.78 is 5.81. The molecule has 4 rings (SSSR count). The molecule has 2 atom stereocenters. The second-order valence-electron chi connectivity index (χ2n) is 5.96. The third kappa shape index (κ3) is 1.75. The fourth-order valence-electron chi connectivity index (χ4n) is 3.85. The Labute approximate surface area is 117 Å². The highest BCUT2D eigenvalue weighted by Crippen LogP contribution is 2.39. The number of piperidine rings is 1. The fourth-order valence-corrected chi connectivity index (χ4v) is 3.85. The molecule has 2 fully saturated rings. The van der Waals surface area contributed by atoms with Crippen molar-refractivity contribution >= 4 is 16.9 Å². The molecule has 2 aliphatic rings. The zero-order valence-corrected chi connectivity index (χ0v) is 11.2. The monoisotopic (exact) mass is 271 g/mol. The van der Waals surface area contributed by atoms with E-state index in [0.29, 0.717) is 34.9 Å². The highest BCUT2D eigenvalue weighted by Gasteiger charge is 2.38. The van der Waals surface area contributed by atoms with Crippen molar-refractivity contribution in [2.24, 2.45) is 5.92 Å². The fraction of sp³-hybridized carbons (Fsp3) is 0.438. The quantitative estimate of drug-likeness (QED) is 0.932. The number of para-hydroxylation sites is 1. The van der Waals surface area contributed by atoms with Gasteiger partial charge in [0.1, 0.15) is 16.9 Å². The minimum absolute atomic E-state index is 0.336. The number of rotatable bonds is 3. The van der Waals surface area contributed by atoms with E-state index in [-0.39, 0.29) is 0 Å². The molecule has 1 aromatic heterocycles. The number of likely N-dealkylation sites (tertiary alicyclic amines) is 1. The smallest absolute Gasteiger partial charge is 0.339 e. The Morgan fingerprint density at radius 2 is 2.20 bits per heavy atom. The van der Waals surface area contributed by atoms with Crippen molar-refractivity contribution in [2.75, 3.05) is 6.54 Å². The molecular formula is C16H17NO3. The molecule has 2 unspecified atom stereocenters. The predicted molar refractivity (Wildman–Crippen MR) is 74.7 cm³/mol. The van der Waals surface area contributed by atoms with Gasteiger partial charge < -0.3 is 9.52 Å². The van der Waals surface area contributed by atoms with Crippen LogP contribution in [0.25, 0.3) is 11.0 Å². The summed E-state index contributed by atoms with van der Waals surface area (Å²) >= 11 is 0. The number of carbonyl (C=O) groups is 1. The van der Waals surface area contributed by atoms with Gasteiger partial charge in [0, 0.05) is 18.0 Å². The third-order valence-corrected chi connectivity index (χ3v) is 4.75. The van der Waals surface area contributed by atoms with E-state index >= 15 is 0 Å². The van der Waals surface area contributed by atoms with Crippen LogP contribution in [0.1, 0.15) is 35.4 Å². The van der Waals surface area contributed by atoms with Crippen LogP contribution in [-0.4, -0.2) is 28.6 Å². The molecule has 2 heterocycles. The molecule has 1 saturated heterocycles. The van der Waals surface area contributed by atoms with E-state index in [2.05, 4.69) is 4.90 Å². The summed E-state index contributed by atoms with van der Waals surface area (Å²) in [4.78, 5) is 13.9. The Kier molecular flexibility index (Phi) is 2.60. The summed E-state index contributed by atoms with van der Waals surface area (Å²) in [6, 6.07) is 8.00. The van der Waals surface area contributed by atoms with Gasteiger partial charge >= 0.3 is 5.97 Å². The van der Waals surface area contributed by atoms with Crippen molar-refractivity contribution in [1.82, 2.24) is 4.90 Å². The molecule has 1 saturated carbocycles. The van der Waals surface area contributed by atoms with Gasteiger partial charge in [-0.3, -0.25) is 4.90 Å². The molecule has 1 aliphatic carbocycles. The molecule has 1 N–H and O–H groups in total. The molecule has 1 aromatic carbocycles. The van der Waals surface area contributed by atoms with Crippen LogP contribution in [-0.2, 0) is 6.54 Å². The second-order valence-corrected chi connectivity index (χ2v) is 5.96. The van der Waals surface area contributed by atoms with Crippen LogP contribution in [0.4, 0.5) is 0 Å². The van der Waals surface area contributed by atoms with E-state index in [1.54, 1.807) is 0 Å². The number of aromatic carboxylic acids is 1. The second kappa shape index (κ2) is 4.35. The largest absolute Gasteiger partial charge is 0.478 e. The van der Waals surface area contributed by atoms with Gasteiger partial charge in [0.15, 0.2) is 0 Å². The van der Waals surface area contributed by atoms with Gasteiger partial charge in [0.25, 0.3) is 0 Å². The van der Waals surface area contributed by atoms with Gasteiger partial charge in [0.05, 0.1) is 6.54 Å². The molecule has 2 bridgehead atoms. The van der Waals surface area contributed by atoms with E-state index in [9.17, 15) is 9.90 Å². The van der Waals surface area contributed by atoms with Crippen LogP contribution in [0.15, 0.2) is 28.7 Å². The van der Waals surface area contributed by atoms with Crippen LogP contribution in [0.3, 0.4) is 0 Å². The van der Waals surface area contributed by atoms with Crippen molar-refractivity contribution in [3.8, 4) is 0 Å². The van der Waals surface area contributed by atoms with Crippen LogP contribution < -0.4 is 0 Å². The highest BCUT2D eigenvalue weighted by molar-refractivity contribution is 6.03. The molecular weight excluding hydrogens is 254 g/mol. The Morgan fingerprint density at radius 3 is 2.90 bits per heavy atom. The third-order valence-electron chi connectivity index (χ3n) is 4.75. The molecule has 0 radical (unpaired) electrons. The van der Waals surface area contributed by atoms with Gasteiger partial charge in [-0.1, -0.05) is 18.2 Å². The zero-order chi connectivity index (χ0) is 13.7. The van der Waals surface area contributed by atoms with Crippen molar-refractivity contribution in [3.63, 3.8) is 0 Å². The molecule has 104 valence electrons. The minimum Gasteiger partial charge on any atom is -0.478 e. The van der Waals surface area contributed by atoms with Gasteiger partial charge in [-0.2, -0.15) is 0 Å². The number of fused-ring (bicyclic) bond motifs is 3. The van der Waals surface area contributed by atoms with Crippen LogP contribution >= 0.6 is 0 Å². The van der Waals surface area contributed by atoms with E-state index in [0.717, 1.165) is 12.5 Å². The summed E-state index contributed by atoms with van der Waals surface area (Å²) in [5, 5.41) is 10.2. The molecule has 20 heavy (non-hydrogen) atoms. The summed E-state index contributed by atoms with van der Waals surface area (Å²) in [6.45, 7) is 1.71. The Hall–Kier alpha value is -1.81. The molecule has 0 amide bonds. The van der Waals surface area contributed by atoms with Gasteiger partial charge in [-0.15, -0.1) is 0 Å². The van der Waals surface area contributed by atoms with Crippen LogP contribution in [0, 0.1) is 5.92 Å². The van der Waals surface area contributed by atoms with Crippen LogP contribution in [0.5, 0.6) is 0 Å². The van der Waals surface area contributed by atoms with Crippen molar-refractivity contribution in [3.05, 3.63) is 35.6 Å². The minimum atomic E-state index is -0.894. The highest BCUT2D eigenvalue weighted by atomic mass is 16.4. The maximum atomic E-state index is 11.6. The van der Waals surface area contributed by atoms with Gasteiger partial charge in [-0.25, -0.2) is 4.79 Å². The topological polar surface area (TPSA) is 53.7 Å². The Morgan fingerprint density at radius 1 is 1.35 bits per heavy atom. The SMILES string of the molecule is O=C(O)c1c(CN2CC3CCC2C3)oc2ccccc12. The summed E-state index contributed by atoms with van der Waals surface area (Å²) in [5.74, 6) is 0.512. The van der Waals surface area contributed by atoms with Crippen molar-refractivity contribution in [2.45, 2.75) is 31.8 Å². The van der Waals surface area contributed by atoms with Crippen LogP contribution in [0.2, 0.25) is 0 Å². The normalized spacial score (nSPS) is 25.6. The maximum absolute atomic E-state index is 11.6. The molecule has 4 heteroatoms. The standard InChI is InChI=1S/C16H17NO3/c18-16(19)15-12-3-1-2-4-13(12)20-14(15)9-17-8-10-5-6-11(17)7-10/h1-4,10-11H,5-9H2,(H,18,19). The molecule has 2 aromatic rings. The van der Waals surface area contributed by atoms with Crippen molar-refractivity contribution in [1.29, 1.82) is 0 Å². The van der Waals surface area contributed by atoms with E-state index in [1.165, 1.54) is 19.3 Å². The number of benzene rings is 1. The first-order valence-electron chi connectivity index (χ1n) is 7.20. The first-order valence-corrected chi connectivity index (χ1v) is 7.20. The summed E-state index contributed by atoms with van der Waals surface area (Å²) in [7, 11) is 0. The first-order chi connectivity index (χ1) is 9.72. The number of hydrogen-bond acceptors (Lipinski definition) is 3. The number of furan rings is 1. The molecule has 4 nitrogen and oxygen atoms in total. The lowest BCUT2D eigenvalue weighted by atomic mass is 10.1. The first kappa shape index (κ1) is 12.0. The van der Waals surface area contributed by atoms with E-state index < -0.39 is 5.97 Å². The van der Waals surface area contributed by atoms with Crippen molar-refractivity contribution < 1.29 is 14.3 Å². The van der Waals surface area contributed by atoms with Gasteiger partial charge in [0.2, 0.25) is 0 Å². The lowest BCUT2D eigenvalue weighted by molar-refractivity contribution is 0.0693. The number of carboxylic acids is 1. The molecule has 1 aliphatic heterocycles. The number of carboxylic acid groups (broad SMARTS) is 1.